The second kappa shape index (κ2) is 10.4. The van der Waals surface area contributed by atoms with Crippen LogP contribution in [-0.4, -0.2) is 78.3 Å². The third kappa shape index (κ3) is 5.00. The summed E-state index contributed by atoms with van der Waals surface area (Å²) in [6.07, 6.45) is 1.93. The second-order valence-electron chi connectivity index (χ2n) is 10.0. The minimum atomic E-state index is -3.16. The van der Waals surface area contributed by atoms with Gasteiger partial charge in [0.15, 0.2) is 10.9 Å². The van der Waals surface area contributed by atoms with E-state index in [2.05, 4.69) is 19.9 Å². The molecule has 4 heterocycles. The first-order valence-electron chi connectivity index (χ1n) is 12.7. The Kier molecular flexibility index (Phi) is 7.09. The number of halogens is 5. The van der Waals surface area contributed by atoms with Gasteiger partial charge >= 0.3 is 6.01 Å². The van der Waals surface area contributed by atoms with E-state index < -0.39 is 30.7 Å². The van der Waals surface area contributed by atoms with Gasteiger partial charge in [-0.3, -0.25) is 0 Å². The Morgan fingerprint density at radius 1 is 1.20 bits per heavy atom. The van der Waals surface area contributed by atoms with E-state index in [9.17, 15) is 13.2 Å². The molecule has 1 atom stereocenters. The number of ether oxygens (including phenoxy) is 2. The molecule has 0 radical (unpaired) electrons. The molecule has 0 bridgehead atoms. The second-order valence-corrected chi connectivity index (χ2v) is 11.5. The van der Waals surface area contributed by atoms with Crippen molar-refractivity contribution in [3.05, 3.63) is 34.9 Å². The molecule has 0 aliphatic carbocycles. The molecule has 2 saturated heterocycles. The van der Waals surface area contributed by atoms with E-state index >= 15 is 4.39 Å². The van der Waals surface area contributed by atoms with E-state index in [1.54, 1.807) is 0 Å². The summed E-state index contributed by atoms with van der Waals surface area (Å²) in [5, 5.41) is 0.194. The fourth-order valence-electron chi connectivity index (χ4n) is 5.25. The molecule has 6 rings (SSSR count). The number of aromatic nitrogens is 3. The van der Waals surface area contributed by atoms with Crippen molar-refractivity contribution in [3.8, 4) is 17.1 Å². The number of rotatable bonds is 5. The van der Waals surface area contributed by atoms with Crippen LogP contribution in [0.1, 0.15) is 12.8 Å². The van der Waals surface area contributed by atoms with Gasteiger partial charge in [-0.1, -0.05) is 22.9 Å². The highest BCUT2D eigenvalue weighted by molar-refractivity contribution is 7.22. The lowest BCUT2D eigenvalue weighted by Gasteiger charge is -2.26. The van der Waals surface area contributed by atoms with E-state index in [1.165, 1.54) is 23.1 Å². The van der Waals surface area contributed by atoms with Gasteiger partial charge in [-0.25, -0.2) is 22.5 Å². The molecule has 2 N–H and O–H groups in total. The smallest absolute Gasteiger partial charge is 0.319 e. The largest absolute Gasteiger partial charge is 0.462 e. The molecule has 212 valence electrons. The fraction of sp³-hybridized carbons (Fsp3) is 0.423. The SMILES string of the molecule is CN1CCC[C@H]1COc1nc(N2CCOCC(F)(F)C2)c2cc(Cl)c(-c3ccc(F)c4sc(N)nc34)c(F)c2n1. The normalized spacial score (nSPS) is 19.9. The van der Waals surface area contributed by atoms with E-state index in [0.29, 0.717) is 0 Å². The Hall–Kier alpha value is -3.00. The standard InChI is InChI=1S/C26H25ClF4N6O2S/c1-36-6-2-3-13(36)10-39-25-34-20-15(23(35-25)37-7-8-38-12-26(30,31)11-37)9-16(27)18(19(20)29)14-4-5-17(28)22-21(14)33-24(32)40-22/h4-5,9,13H,2-3,6-8,10-12H2,1H3,(H2,32,33)/t13-/m0/s1. The molecule has 2 aliphatic heterocycles. The first-order chi connectivity index (χ1) is 19.1. The number of nitrogens with two attached hydrogens (primary N) is 1. The first kappa shape index (κ1) is 27.2. The van der Waals surface area contributed by atoms with Gasteiger partial charge in [0.25, 0.3) is 5.92 Å². The van der Waals surface area contributed by atoms with Crippen molar-refractivity contribution >= 4 is 55.0 Å². The van der Waals surface area contributed by atoms with Crippen LogP contribution in [0.15, 0.2) is 18.2 Å². The lowest BCUT2D eigenvalue weighted by molar-refractivity contribution is -0.0564. The summed E-state index contributed by atoms with van der Waals surface area (Å²) >= 11 is 7.55. The van der Waals surface area contributed by atoms with Crippen LogP contribution in [0.5, 0.6) is 6.01 Å². The topological polar surface area (TPSA) is 89.6 Å². The van der Waals surface area contributed by atoms with Gasteiger partial charge in [-0.05, 0) is 44.6 Å². The zero-order valence-electron chi connectivity index (χ0n) is 21.4. The summed E-state index contributed by atoms with van der Waals surface area (Å²) in [5.74, 6) is -4.49. The molecule has 8 nitrogen and oxygen atoms in total. The molecular weight excluding hydrogens is 572 g/mol. The van der Waals surface area contributed by atoms with Crippen LogP contribution in [0.25, 0.3) is 32.2 Å². The van der Waals surface area contributed by atoms with Crippen LogP contribution in [0.4, 0.5) is 28.5 Å². The summed E-state index contributed by atoms with van der Waals surface area (Å²) in [6, 6.07) is 3.95. The molecule has 0 saturated carbocycles. The van der Waals surface area contributed by atoms with E-state index in [0.717, 1.165) is 30.7 Å². The zero-order chi connectivity index (χ0) is 28.2. The number of likely N-dealkylation sites (tertiary alicyclic amines) is 1. The number of thiazole rings is 1. The van der Waals surface area contributed by atoms with Gasteiger partial charge < -0.3 is 25.0 Å². The summed E-state index contributed by atoms with van der Waals surface area (Å²) in [7, 11) is 1.98. The molecular formula is C26H25ClF4N6O2S. The van der Waals surface area contributed by atoms with Crippen molar-refractivity contribution in [2.75, 3.05) is 57.1 Å². The average Bonchev–Trinajstić information content (AvgIpc) is 3.45. The average molecular weight is 597 g/mol. The number of anilines is 2. The van der Waals surface area contributed by atoms with Crippen LogP contribution in [0.3, 0.4) is 0 Å². The Bertz CT molecular complexity index is 1610. The predicted octanol–water partition coefficient (Wildman–Crippen LogP) is 5.37. The van der Waals surface area contributed by atoms with Crippen LogP contribution >= 0.6 is 22.9 Å². The van der Waals surface area contributed by atoms with E-state index in [-0.39, 0.29) is 80.0 Å². The van der Waals surface area contributed by atoms with Crippen LogP contribution < -0.4 is 15.4 Å². The number of likely N-dealkylation sites (N-methyl/N-ethyl adjacent to an activating group) is 1. The number of benzene rings is 2. The van der Waals surface area contributed by atoms with Gasteiger partial charge in [0.05, 0.1) is 28.4 Å². The predicted molar refractivity (Wildman–Crippen MR) is 147 cm³/mol. The van der Waals surface area contributed by atoms with Crippen LogP contribution in [0, 0.1) is 11.6 Å². The van der Waals surface area contributed by atoms with E-state index in [1.807, 2.05) is 7.05 Å². The molecule has 0 unspecified atom stereocenters. The number of hydrogen-bond acceptors (Lipinski definition) is 9. The van der Waals surface area contributed by atoms with Gasteiger partial charge in [-0.15, -0.1) is 0 Å². The number of fused-ring (bicyclic) bond motifs is 2. The Balaban J connectivity index is 1.52. The van der Waals surface area contributed by atoms with E-state index in [4.69, 9.17) is 26.8 Å². The van der Waals surface area contributed by atoms with Gasteiger partial charge in [0, 0.05) is 29.1 Å². The number of nitrogens with zero attached hydrogens (tertiary/aromatic N) is 5. The minimum absolute atomic E-state index is 0.0251. The zero-order valence-corrected chi connectivity index (χ0v) is 23.0. The molecule has 2 aliphatic rings. The summed E-state index contributed by atoms with van der Waals surface area (Å²) in [5.41, 5.74) is 5.95. The summed E-state index contributed by atoms with van der Waals surface area (Å²) < 4.78 is 71.1. The molecule has 4 aromatic rings. The van der Waals surface area contributed by atoms with Gasteiger partial charge in [-0.2, -0.15) is 9.97 Å². The van der Waals surface area contributed by atoms with Gasteiger partial charge in [0.2, 0.25) is 0 Å². The third-order valence-corrected chi connectivity index (χ3v) is 8.43. The maximum atomic E-state index is 16.4. The Morgan fingerprint density at radius 3 is 2.80 bits per heavy atom. The van der Waals surface area contributed by atoms with Crippen molar-refractivity contribution in [1.82, 2.24) is 19.9 Å². The molecule has 0 amide bonds. The maximum Gasteiger partial charge on any atom is 0.319 e. The van der Waals surface area contributed by atoms with Crippen molar-refractivity contribution in [1.29, 1.82) is 0 Å². The van der Waals surface area contributed by atoms with Crippen LogP contribution in [-0.2, 0) is 4.74 Å². The van der Waals surface area contributed by atoms with Crippen molar-refractivity contribution in [2.24, 2.45) is 0 Å². The van der Waals surface area contributed by atoms with Crippen molar-refractivity contribution in [2.45, 2.75) is 24.8 Å². The molecule has 40 heavy (non-hydrogen) atoms. The third-order valence-electron chi connectivity index (χ3n) is 7.24. The number of nitrogen functional groups attached to an aromatic ring is 1. The Labute approximate surface area is 235 Å². The van der Waals surface area contributed by atoms with Gasteiger partial charge in [0.1, 0.15) is 30.4 Å². The first-order valence-corrected chi connectivity index (χ1v) is 13.9. The van der Waals surface area contributed by atoms with Crippen molar-refractivity contribution < 1.29 is 27.0 Å². The lowest BCUT2D eigenvalue weighted by atomic mass is 10.0. The quantitative estimate of drug-likeness (QED) is 0.308. The highest BCUT2D eigenvalue weighted by atomic mass is 35.5. The van der Waals surface area contributed by atoms with Crippen LogP contribution in [0.2, 0.25) is 5.02 Å². The molecule has 14 heteroatoms. The lowest BCUT2D eigenvalue weighted by Crippen LogP contribution is -2.38. The summed E-state index contributed by atoms with van der Waals surface area (Å²) in [6.45, 7) is -0.145. The minimum Gasteiger partial charge on any atom is -0.462 e. The molecule has 2 aromatic heterocycles. The Morgan fingerprint density at radius 2 is 2.02 bits per heavy atom. The maximum absolute atomic E-state index is 16.4. The number of hydrogen-bond donors (Lipinski definition) is 1. The monoisotopic (exact) mass is 596 g/mol. The van der Waals surface area contributed by atoms with Crippen molar-refractivity contribution in [3.63, 3.8) is 0 Å². The summed E-state index contributed by atoms with van der Waals surface area (Å²) in [4.78, 5) is 16.5. The molecule has 2 fully saturated rings. The molecule has 2 aromatic carbocycles. The fourth-order valence-corrected chi connectivity index (χ4v) is 6.31. The molecule has 0 spiro atoms. The highest BCUT2D eigenvalue weighted by Gasteiger charge is 2.36. The number of alkyl halides is 2. The highest BCUT2D eigenvalue weighted by Crippen LogP contribution is 2.43.